The summed E-state index contributed by atoms with van der Waals surface area (Å²) in [5.74, 6) is 6.30. The van der Waals surface area contributed by atoms with Gasteiger partial charge >= 0.3 is 0 Å². The molecule has 0 bridgehead atoms. The van der Waals surface area contributed by atoms with Gasteiger partial charge in [0.05, 0.1) is 46.2 Å². The van der Waals surface area contributed by atoms with Crippen LogP contribution in [0.25, 0.3) is 0 Å². The van der Waals surface area contributed by atoms with Crippen LogP contribution in [0, 0.1) is 17.8 Å². The highest BCUT2D eigenvalue weighted by atomic mass is 16.6. The molecule has 0 heterocycles. The van der Waals surface area contributed by atoms with Crippen LogP contribution in [-0.2, 0) is 23.7 Å². The third kappa shape index (κ3) is 18.9. The standard InChI is InChI=1S/C16H29NO5/c1-15(2)5-4-7-19-9-11-21-13-14-22-12-10-20-8-6-17-16(3)18/h15H,6-14H2,1-3H3,(H,17,18). The summed E-state index contributed by atoms with van der Waals surface area (Å²) in [4.78, 5) is 10.6. The molecule has 0 aliphatic rings. The summed E-state index contributed by atoms with van der Waals surface area (Å²) in [5.41, 5.74) is 0. The lowest BCUT2D eigenvalue weighted by atomic mass is 10.2. The smallest absolute Gasteiger partial charge is 0.216 e. The van der Waals surface area contributed by atoms with Crippen molar-refractivity contribution in [3.63, 3.8) is 0 Å². The third-order valence-corrected chi connectivity index (χ3v) is 2.30. The van der Waals surface area contributed by atoms with Crippen LogP contribution in [0.1, 0.15) is 20.8 Å². The van der Waals surface area contributed by atoms with Crippen LogP contribution in [0.2, 0.25) is 0 Å². The summed E-state index contributed by atoms with van der Waals surface area (Å²) in [7, 11) is 0. The first-order chi connectivity index (χ1) is 10.6. The summed E-state index contributed by atoms with van der Waals surface area (Å²) < 4.78 is 21.2. The Morgan fingerprint density at radius 3 is 1.91 bits per heavy atom. The van der Waals surface area contributed by atoms with E-state index < -0.39 is 0 Å². The van der Waals surface area contributed by atoms with Crippen LogP contribution in [0.15, 0.2) is 0 Å². The van der Waals surface area contributed by atoms with Crippen LogP contribution in [0.4, 0.5) is 0 Å². The van der Waals surface area contributed by atoms with Crippen molar-refractivity contribution in [3.8, 4) is 11.8 Å². The van der Waals surface area contributed by atoms with Gasteiger partial charge in [-0.3, -0.25) is 4.79 Å². The first kappa shape index (κ1) is 20.9. The summed E-state index contributed by atoms with van der Waals surface area (Å²) >= 11 is 0. The monoisotopic (exact) mass is 315 g/mol. The topological polar surface area (TPSA) is 66.0 Å². The van der Waals surface area contributed by atoms with Crippen LogP contribution in [0.5, 0.6) is 0 Å². The molecular formula is C16H29NO5. The van der Waals surface area contributed by atoms with Gasteiger partial charge in [-0.15, -0.1) is 0 Å². The predicted molar refractivity (Wildman–Crippen MR) is 84.6 cm³/mol. The second-order valence-corrected chi connectivity index (χ2v) is 4.85. The minimum atomic E-state index is -0.0482. The largest absolute Gasteiger partial charge is 0.377 e. The molecule has 0 aromatic carbocycles. The Morgan fingerprint density at radius 1 is 0.909 bits per heavy atom. The van der Waals surface area contributed by atoms with E-state index >= 15 is 0 Å². The van der Waals surface area contributed by atoms with Gasteiger partial charge in [0, 0.05) is 19.4 Å². The second kappa shape index (κ2) is 16.2. The van der Waals surface area contributed by atoms with Gasteiger partial charge in [0.15, 0.2) is 0 Å². The van der Waals surface area contributed by atoms with Gasteiger partial charge < -0.3 is 24.3 Å². The summed E-state index contributed by atoms with van der Waals surface area (Å²) in [6.07, 6.45) is 0. The Balaban J connectivity index is 3.06. The molecule has 0 unspecified atom stereocenters. The quantitative estimate of drug-likeness (QED) is 0.403. The van der Waals surface area contributed by atoms with Gasteiger partial charge in [-0.25, -0.2) is 0 Å². The number of hydrogen-bond acceptors (Lipinski definition) is 5. The molecule has 0 aliphatic carbocycles. The summed E-state index contributed by atoms with van der Waals surface area (Å²) in [6, 6.07) is 0. The van der Waals surface area contributed by atoms with E-state index in [9.17, 15) is 4.79 Å². The Labute approximate surface area is 133 Å². The molecule has 6 heteroatoms. The van der Waals surface area contributed by atoms with Gasteiger partial charge in [-0.2, -0.15) is 0 Å². The number of carbonyl (C=O) groups excluding carboxylic acids is 1. The molecule has 0 atom stereocenters. The van der Waals surface area contributed by atoms with Crippen LogP contribution >= 0.6 is 0 Å². The fourth-order valence-corrected chi connectivity index (χ4v) is 1.33. The predicted octanol–water partition coefficient (Wildman–Crippen LogP) is 0.848. The highest BCUT2D eigenvalue weighted by Gasteiger charge is 1.93. The molecule has 0 aliphatic heterocycles. The van der Waals surface area contributed by atoms with E-state index in [2.05, 4.69) is 17.2 Å². The zero-order chi connectivity index (χ0) is 16.5. The molecule has 0 aromatic heterocycles. The van der Waals surface area contributed by atoms with E-state index in [1.165, 1.54) is 6.92 Å². The van der Waals surface area contributed by atoms with Crippen molar-refractivity contribution in [2.45, 2.75) is 20.8 Å². The molecule has 0 rings (SSSR count). The van der Waals surface area contributed by atoms with E-state index in [0.29, 0.717) is 65.3 Å². The number of rotatable bonds is 13. The van der Waals surface area contributed by atoms with E-state index in [0.717, 1.165) is 0 Å². The Kier molecular flexibility index (Phi) is 15.4. The Bertz CT molecular complexity index is 322. The highest BCUT2D eigenvalue weighted by molar-refractivity contribution is 5.72. The molecule has 0 spiro atoms. The summed E-state index contributed by atoms with van der Waals surface area (Å²) in [6.45, 7) is 10.2. The number of nitrogens with one attached hydrogen (secondary N) is 1. The molecule has 128 valence electrons. The lowest BCUT2D eigenvalue weighted by Gasteiger charge is -2.07. The number of amides is 1. The van der Waals surface area contributed by atoms with Crippen LogP contribution in [-0.4, -0.2) is 65.3 Å². The fourth-order valence-electron chi connectivity index (χ4n) is 1.33. The first-order valence-corrected chi connectivity index (χ1v) is 7.66. The maximum Gasteiger partial charge on any atom is 0.216 e. The van der Waals surface area contributed by atoms with Gasteiger partial charge in [-0.1, -0.05) is 25.7 Å². The zero-order valence-corrected chi connectivity index (χ0v) is 14.0. The van der Waals surface area contributed by atoms with E-state index in [1.54, 1.807) is 0 Å². The molecular weight excluding hydrogens is 286 g/mol. The average Bonchev–Trinajstić information content (AvgIpc) is 2.46. The number of ether oxygens (including phenoxy) is 4. The normalized spacial score (nSPS) is 10.4. The first-order valence-electron chi connectivity index (χ1n) is 7.66. The molecule has 0 saturated carbocycles. The average molecular weight is 315 g/mol. The lowest BCUT2D eigenvalue weighted by Crippen LogP contribution is -2.25. The van der Waals surface area contributed by atoms with Crippen molar-refractivity contribution in [2.24, 2.45) is 5.92 Å². The molecule has 0 saturated heterocycles. The number of hydrogen-bond donors (Lipinski definition) is 1. The van der Waals surface area contributed by atoms with Crippen molar-refractivity contribution in [2.75, 3.05) is 59.4 Å². The minimum absolute atomic E-state index is 0.0482. The second-order valence-electron chi connectivity index (χ2n) is 4.85. The maximum atomic E-state index is 10.6. The molecule has 0 aromatic rings. The third-order valence-electron chi connectivity index (χ3n) is 2.30. The van der Waals surface area contributed by atoms with E-state index in [4.69, 9.17) is 18.9 Å². The van der Waals surface area contributed by atoms with Gasteiger partial charge in [0.1, 0.15) is 6.61 Å². The Hall–Kier alpha value is -1.13. The number of carbonyl (C=O) groups is 1. The molecule has 0 fully saturated rings. The lowest BCUT2D eigenvalue weighted by molar-refractivity contribution is -0.119. The van der Waals surface area contributed by atoms with Crippen molar-refractivity contribution in [1.82, 2.24) is 5.32 Å². The summed E-state index contributed by atoms with van der Waals surface area (Å²) in [5, 5.41) is 2.65. The highest BCUT2D eigenvalue weighted by Crippen LogP contribution is 1.86. The molecule has 1 N–H and O–H groups in total. The molecule has 22 heavy (non-hydrogen) atoms. The van der Waals surface area contributed by atoms with Crippen molar-refractivity contribution >= 4 is 5.91 Å². The van der Waals surface area contributed by atoms with Crippen LogP contribution < -0.4 is 5.32 Å². The fraction of sp³-hybridized carbons (Fsp3) is 0.812. The maximum absolute atomic E-state index is 10.6. The minimum Gasteiger partial charge on any atom is -0.377 e. The molecule has 6 nitrogen and oxygen atoms in total. The van der Waals surface area contributed by atoms with Crippen molar-refractivity contribution < 1.29 is 23.7 Å². The van der Waals surface area contributed by atoms with Crippen molar-refractivity contribution in [1.29, 1.82) is 0 Å². The van der Waals surface area contributed by atoms with Gasteiger partial charge in [-0.05, 0) is 0 Å². The van der Waals surface area contributed by atoms with Gasteiger partial charge in [0.2, 0.25) is 5.91 Å². The zero-order valence-electron chi connectivity index (χ0n) is 14.0. The van der Waals surface area contributed by atoms with E-state index in [-0.39, 0.29) is 5.91 Å². The SMILES string of the molecule is CC(=O)NCCOCCOCCOCCOCC#CC(C)C. The molecule has 1 amide bonds. The van der Waals surface area contributed by atoms with Crippen molar-refractivity contribution in [3.05, 3.63) is 0 Å². The van der Waals surface area contributed by atoms with E-state index in [1.807, 2.05) is 13.8 Å². The Morgan fingerprint density at radius 2 is 1.41 bits per heavy atom. The molecule has 0 radical (unpaired) electrons. The van der Waals surface area contributed by atoms with Gasteiger partial charge in [0.25, 0.3) is 0 Å². The van der Waals surface area contributed by atoms with Crippen LogP contribution in [0.3, 0.4) is 0 Å².